The van der Waals surface area contributed by atoms with E-state index >= 15 is 0 Å². The highest BCUT2D eigenvalue weighted by Gasteiger charge is 2.22. The second-order valence-electron chi connectivity index (χ2n) is 3.87. The zero-order valence-electron chi connectivity index (χ0n) is 10.4. The van der Waals surface area contributed by atoms with Crippen molar-refractivity contribution in [3.63, 3.8) is 0 Å². The number of ether oxygens (including phenoxy) is 1. The minimum atomic E-state index is -0.437. The number of nitrogens with zero attached hydrogens (tertiary/aromatic N) is 3. The van der Waals surface area contributed by atoms with Gasteiger partial charge in [0.2, 0.25) is 0 Å². The third kappa shape index (κ3) is 2.40. The molecule has 1 aromatic carbocycles. The third-order valence-corrected chi connectivity index (χ3v) is 2.64. The van der Waals surface area contributed by atoms with Crippen LogP contribution in [0.3, 0.4) is 0 Å². The van der Waals surface area contributed by atoms with E-state index in [1.807, 2.05) is 30.3 Å². The van der Waals surface area contributed by atoms with E-state index in [9.17, 15) is 4.79 Å². The fourth-order valence-electron chi connectivity index (χ4n) is 1.70. The minimum absolute atomic E-state index is 0.289. The lowest BCUT2D eigenvalue weighted by molar-refractivity contribution is -0.144. The Hall–Kier alpha value is -2.17. The lowest BCUT2D eigenvalue weighted by atomic mass is 10.1. The van der Waals surface area contributed by atoms with Crippen LogP contribution < -0.4 is 0 Å². The average molecular weight is 245 g/mol. The van der Waals surface area contributed by atoms with E-state index in [1.54, 1.807) is 24.7 Å². The van der Waals surface area contributed by atoms with Crippen molar-refractivity contribution >= 4 is 5.97 Å². The lowest BCUT2D eigenvalue weighted by Crippen LogP contribution is -2.17. The van der Waals surface area contributed by atoms with Gasteiger partial charge in [0.05, 0.1) is 6.61 Å². The molecule has 0 N–H and O–H groups in total. The van der Waals surface area contributed by atoms with E-state index in [0.29, 0.717) is 12.4 Å². The number of rotatable bonds is 4. The number of benzene rings is 1. The van der Waals surface area contributed by atoms with Crippen LogP contribution in [0.1, 0.15) is 25.6 Å². The SMILES string of the molecule is CCOC(=O)C(C)c1nncn1-c1ccccc1. The molecule has 94 valence electrons. The second-order valence-corrected chi connectivity index (χ2v) is 3.87. The molecule has 0 aliphatic carbocycles. The molecule has 0 bridgehead atoms. The maximum absolute atomic E-state index is 11.7. The highest BCUT2D eigenvalue weighted by molar-refractivity contribution is 5.76. The van der Waals surface area contributed by atoms with Crippen LogP contribution in [-0.4, -0.2) is 27.3 Å². The summed E-state index contributed by atoms with van der Waals surface area (Å²) in [6.45, 7) is 3.91. The van der Waals surface area contributed by atoms with Crippen molar-refractivity contribution < 1.29 is 9.53 Å². The third-order valence-electron chi connectivity index (χ3n) is 2.64. The van der Waals surface area contributed by atoms with Crippen molar-refractivity contribution in [1.29, 1.82) is 0 Å². The van der Waals surface area contributed by atoms with Gasteiger partial charge in [0.15, 0.2) is 5.82 Å². The Kier molecular flexibility index (Phi) is 3.72. The minimum Gasteiger partial charge on any atom is -0.465 e. The summed E-state index contributed by atoms with van der Waals surface area (Å²) in [6.07, 6.45) is 1.60. The van der Waals surface area contributed by atoms with Crippen LogP contribution in [0.5, 0.6) is 0 Å². The fourth-order valence-corrected chi connectivity index (χ4v) is 1.70. The molecule has 0 amide bonds. The molecule has 0 aliphatic heterocycles. The summed E-state index contributed by atoms with van der Waals surface area (Å²) in [5, 5.41) is 7.88. The van der Waals surface area contributed by atoms with Crippen molar-refractivity contribution in [2.45, 2.75) is 19.8 Å². The van der Waals surface area contributed by atoms with Crippen molar-refractivity contribution in [2.24, 2.45) is 0 Å². The quantitative estimate of drug-likeness (QED) is 0.772. The Morgan fingerprint density at radius 2 is 2.11 bits per heavy atom. The molecule has 1 aromatic heterocycles. The summed E-state index contributed by atoms with van der Waals surface area (Å²) in [5.41, 5.74) is 0.925. The number of esters is 1. The molecule has 2 rings (SSSR count). The molecular weight excluding hydrogens is 230 g/mol. The zero-order chi connectivity index (χ0) is 13.0. The molecule has 1 atom stereocenters. The first-order valence-corrected chi connectivity index (χ1v) is 5.86. The number of carbonyl (C=O) groups excluding carboxylic acids is 1. The summed E-state index contributed by atoms with van der Waals surface area (Å²) in [6, 6.07) is 9.65. The largest absolute Gasteiger partial charge is 0.465 e. The molecule has 0 saturated carbocycles. The molecule has 0 aliphatic rings. The second kappa shape index (κ2) is 5.44. The average Bonchev–Trinajstić information content (AvgIpc) is 2.88. The van der Waals surface area contributed by atoms with Crippen molar-refractivity contribution in [1.82, 2.24) is 14.8 Å². The van der Waals surface area contributed by atoms with Gasteiger partial charge < -0.3 is 4.74 Å². The molecule has 18 heavy (non-hydrogen) atoms. The molecule has 1 unspecified atom stereocenters. The van der Waals surface area contributed by atoms with Crippen molar-refractivity contribution in [3.8, 4) is 5.69 Å². The first kappa shape index (κ1) is 12.3. The van der Waals surface area contributed by atoms with Crippen LogP contribution >= 0.6 is 0 Å². The van der Waals surface area contributed by atoms with Gasteiger partial charge >= 0.3 is 5.97 Å². The van der Waals surface area contributed by atoms with Crippen LogP contribution in [0.2, 0.25) is 0 Å². The summed E-state index contributed by atoms with van der Waals surface area (Å²) < 4.78 is 6.79. The summed E-state index contributed by atoms with van der Waals surface area (Å²) in [4.78, 5) is 11.7. The van der Waals surface area contributed by atoms with Gasteiger partial charge in [0, 0.05) is 5.69 Å². The van der Waals surface area contributed by atoms with Gasteiger partial charge in [-0.25, -0.2) is 0 Å². The maximum atomic E-state index is 11.7. The Bertz CT molecular complexity index is 522. The van der Waals surface area contributed by atoms with Gasteiger partial charge in [-0.2, -0.15) is 0 Å². The number of carbonyl (C=O) groups is 1. The van der Waals surface area contributed by atoms with E-state index in [1.165, 1.54) is 0 Å². The molecule has 1 heterocycles. The van der Waals surface area contributed by atoms with Gasteiger partial charge in [-0.3, -0.25) is 9.36 Å². The van der Waals surface area contributed by atoms with Gasteiger partial charge in [-0.15, -0.1) is 10.2 Å². The highest BCUT2D eigenvalue weighted by atomic mass is 16.5. The van der Waals surface area contributed by atoms with Gasteiger partial charge in [0.25, 0.3) is 0 Å². The summed E-state index contributed by atoms with van der Waals surface area (Å²) >= 11 is 0. The molecule has 0 fully saturated rings. The first-order valence-electron chi connectivity index (χ1n) is 5.86. The number of para-hydroxylation sites is 1. The van der Waals surface area contributed by atoms with E-state index in [0.717, 1.165) is 5.69 Å². The molecule has 0 radical (unpaired) electrons. The van der Waals surface area contributed by atoms with Crippen LogP contribution in [0, 0.1) is 0 Å². The molecule has 5 nitrogen and oxygen atoms in total. The Labute approximate surface area is 105 Å². The molecule has 5 heteroatoms. The lowest BCUT2D eigenvalue weighted by Gasteiger charge is -2.11. The normalized spacial score (nSPS) is 12.1. The summed E-state index contributed by atoms with van der Waals surface area (Å²) in [5.74, 6) is -0.144. The van der Waals surface area contributed by atoms with Gasteiger partial charge in [-0.05, 0) is 26.0 Å². The van der Waals surface area contributed by atoms with Crippen LogP contribution in [0.15, 0.2) is 36.7 Å². The van der Waals surface area contributed by atoms with Crippen LogP contribution in [-0.2, 0) is 9.53 Å². The smallest absolute Gasteiger partial charge is 0.316 e. The van der Waals surface area contributed by atoms with Gasteiger partial charge in [-0.1, -0.05) is 18.2 Å². The molecule has 0 spiro atoms. The number of aromatic nitrogens is 3. The van der Waals surface area contributed by atoms with E-state index in [2.05, 4.69) is 10.2 Å². The van der Waals surface area contributed by atoms with Crippen molar-refractivity contribution in [3.05, 3.63) is 42.5 Å². The predicted octanol–water partition coefficient (Wildman–Crippen LogP) is 1.93. The molecule has 0 saturated heterocycles. The Morgan fingerprint density at radius 1 is 1.39 bits per heavy atom. The molecule has 2 aromatic rings. The topological polar surface area (TPSA) is 57.0 Å². The number of hydrogen-bond donors (Lipinski definition) is 0. The molecular formula is C13H15N3O2. The predicted molar refractivity (Wildman–Crippen MR) is 66.4 cm³/mol. The monoisotopic (exact) mass is 245 g/mol. The summed E-state index contributed by atoms with van der Waals surface area (Å²) in [7, 11) is 0. The maximum Gasteiger partial charge on any atom is 0.316 e. The van der Waals surface area contributed by atoms with Crippen LogP contribution in [0.25, 0.3) is 5.69 Å². The fraction of sp³-hybridized carbons (Fsp3) is 0.308. The van der Waals surface area contributed by atoms with E-state index < -0.39 is 5.92 Å². The zero-order valence-corrected chi connectivity index (χ0v) is 10.4. The van der Waals surface area contributed by atoms with E-state index in [-0.39, 0.29) is 5.97 Å². The number of hydrogen-bond acceptors (Lipinski definition) is 4. The Balaban J connectivity index is 2.31. The highest BCUT2D eigenvalue weighted by Crippen LogP contribution is 2.18. The first-order chi connectivity index (χ1) is 8.74. The van der Waals surface area contributed by atoms with Crippen LogP contribution in [0.4, 0.5) is 0 Å². The van der Waals surface area contributed by atoms with E-state index in [4.69, 9.17) is 4.74 Å². The standard InChI is InChI=1S/C13H15N3O2/c1-3-18-13(17)10(2)12-15-14-9-16(12)11-7-5-4-6-8-11/h4-10H,3H2,1-2H3. The van der Waals surface area contributed by atoms with Crippen molar-refractivity contribution in [2.75, 3.05) is 6.61 Å². The Morgan fingerprint density at radius 3 is 2.78 bits per heavy atom. The van der Waals surface area contributed by atoms with Gasteiger partial charge in [0.1, 0.15) is 12.2 Å².